The maximum Gasteiger partial charge on any atom is 0.0184 e. The Bertz CT molecular complexity index is 379. The predicted molar refractivity (Wildman–Crippen MR) is 57.6 cm³/mol. The zero-order valence-electron chi connectivity index (χ0n) is 7.23. The van der Waals surface area contributed by atoms with Crippen LogP contribution >= 0.6 is 11.3 Å². The van der Waals surface area contributed by atoms with Gasteiger partial charge >= 0.3 is 0 Å². The van der Waals surface area contributed by atoms with Gasteiger partial charge in [0.2, 0.25) is 0 Å². The summed E-state index contributed by atoms with van der Waals surface area (Å²) in [6, 6.07) is 10.4. The van der Waals surface area contributed by atoms with Gasteiger partial charge < -0.3 is 5.73 Å². The molecule has 2 heteroatoms. The van der Waals surface area contributed by atoms with E-state index in [0.29, 0.717) is 6.54 Å². The molecule has 13 heavy (non-hydrogen) atoms. The van der Waals surface area contributed by atoms with Crippen LogP contribution in [-0.2, 0) is 6.54 Å². The number of hydrogen-bond donors (Lipinski definition) is 1. The fourth-order valence-electron chi connectivity index (χ4n) is 1.40. The summed E-state index contributed by atoms with van der Waals surface area (Å²) in [4.78, 5) is 0. The first-order valence-corrected chi connectivity index (χ1v) is 5.16. The second-order valence-electron chi connectivity index (χ2n) is 2.87. The van der Waals surface area contributed by atoms with Crippen molar-refractivity contribution < 1.29 is 0 Å². The Balaban J connectivity index is 2.51. The quantitative estimate of drug-likeness (QED) is 0.772. The molecule has 0 unspecified atom stereocenters. The number of thiophene rings is 1. The highest BCUT2D eigenvalue weighted by Gasteiger charge is 2.01. The standard InChI is InChI=1S/C11H11NS/c12-7-9-3-1-2-4-11(9)10-5-6-13-8-10/h1-6,8H,7,12H2. The molecule has 0 amide bonds. The van der Waals surface area contributed by atoms with Gasteiger partial charge in [0.1, 0.15) is 0 Å². The molecule has 0 aliphatic heterocycles. The minimum Gasteiger partial charge on any atom is -0.326 e. The lowest BCUT2D eigenvalue weighted by atomic mass is 10.0. The maximum absolute atomic E-state index is 5.66. The average Bonchev–Trinajstić information content (AvgIpc) is 2.70. The fraction of sp³-hybridized carbons (Fsp3) is 0.0909. The van der Waals surface area contributed by atoms with Gasteiger partial charge in [-0.15, -0.1) is 0 Å². The van der Waals surface area contributed by atoms with Gasteiger partial charge in [0.25, 0.3) is 0 Å². The predicted octanol–water partition coefficient (Wildman–Crippen LogP) is 2.87. The number of nitrogens with two attached hydrogens (primary N) is 1. The van der Waals surface area contributed by atoms with Gasteiger partial charge in [-0.05, 0) is 33.5 Å². The molecule has 0 saturated heterocycles. The van der Waals surface area contributed by atoms with Crippen molar-refractivity contribution in [3.05, 3.63) is 46.7 Å². The molecule has 0 radical (unpaired) electrons. The second-order valence-corrected chi connectivity index (χ2v) is 3.65. The molecule has 2 aromatic rings. The Kier molecular flexibility index (Phi) is 2.43. The van der Waals surface area contributed by atoms with Crippen molar-refractivity contribution in [2.75, 3.05) is 0 Å². The molecule has 0 spiro atoms. The Morgan fingerprint density at radius 1 is 1.15 bits per heavy atom. The highest BCUT2D eigenvalue weighted by atomic mass is 32.1. The van der Waals surface area contributed by atoms with E-state index in [-0.39, 0.29) is 0 Å². The van der Waals surface area contributed by atoms with E-state index in [9.17, 15) is 0 Å². The SMILES string of the molecule is NCc1ccccc1-c1ccsc1. The van der Waals surface area contributed by atoms with E-state index >= 15 is 0 Å². The normalized spacial score (nSPS) is 10.2. The Labute approximate surface area is 81.8 Å². The summed E-state index contributed by atoms with van der Waals surface area (Å²) < 4.78 is 0. The van der Waals surface area contributed by atoms with Crippen LogP contribution in [0.2, 0.25) is 0 Å². The second kappa shape index (κ2) is 3.73. The molecule has 1 aromatic heterocycles. The largest absolute Gasteiger partial charge is 0.326 e. The van der Waals surface area contributed by atoms with Gasteiger partial charge in [0, 0.05) is 6.54 Å². The Morgan fingerprint density at radius 3 is 2.69 bits per heavy atom. The van der Waals surface area contributed by atoms with E-state index in [1.165, 1.54) is 16.7 Å². The van der Waals surface area contributed by atoms with Gasteiger partial charge in [-0.1, -0.05) is 24.3 Å². The third-order valence-electron chi connectivity index (χ3n) is 2.07. The van der Waals surface area contributed by atoms with Crippen molar-refractivity contribution in [1.29, 1.82) is 0 Å². The van der Waals surface area contributed by atoms with Gasteiger partial charge in [-0.3, -0.25) is 0 Å². The summed E-state index contributed by atoms with van der Waals surface area (Å²) in [6.45, 7) is 0.603. The van der Waals surface area contributed by atoms with Gasteiger partial charge in [0.15, 0.2) is 0 Å². The molecule has 0 aliphatic carbocycles. The van der Waals surface area contributed by atoms with Crippen molar-refractivity contribution in [3.8, 4) is 11.1 Å². The summed E-state index contributed by atoms with van der Waals surface area (Å²) >= 11 is 1.71. The minimum absolute atomic E-state index is 0.603. The molecular weight excluding hydrogens is 178 g/mol. The van der Waals surface area contributed by atoms with E-state index in [0.717, 1.165) is 0 Å². The van der Waals surface area contributed by atoms with Crippen LogP contribution in [0.15, 0.2) is 41.1 Å². The Morgan fingerprint density at radius 2 is 2.00 bits per heavy atom. The molecular formula is C11H11NS. The zero-order valence-corrected chi connectivity index (χ0v) is 8.05. The molecule has 0 aliphatic rings. The molecule has 0 bridgehead atoms. The average molecular weight is 189 g/mol. The zero-order chi connectivity index (χ0) is 9.10. The molecule has 66 valence electrons. The van der Waals surface area contributed by atoms with Crippen LogP contribution in [0.3, 0.4) is 0 Å². The summed E-state index contributed by atoms with van der Waals surface area (Å²) in [5.41, 5.74) is 9.39. The first-order valence-electron chi connectivity index (χ1n) is 4.22. The van der Waals surface area contributed by atoms with E-state index < -0.39 is 0 Å². The fourth-order valence-corrected chi connectivity index (χ4v) is 2.05. The van der Waals surface area contributed by atoms with Crippen LogP contribution in [0.5, 0.6) is 0 Å². The van der Waals surface area contributed by atoms with E-state index in [1.807, 2.05) is 12.1 Å². The molecule has 0 atom stereocenters. The first kappa shape index (κ1) is 8.48. The van der Waals surface area contributed by atoms with Crippen LogP contribution in [0.4, 0.5) is 0 Å². The molecule has 1 heterocycles. The number of rotatable bonds is 2. The van der Waals surface area contributed by atoms with Crippen molar-refractivity contribution in [2.45, 2.75) is 6.54 Å². The summed E-state index contributed by atoms with van der Waals surface area (Å²) in [5, 5.41) is 4.23. The smallest absolute Gasteiger partial charge is 0.0184 e. The lowest BCUT2D eigenvalue weighted by Crippen LogP contribution is -1.97. The van der Waals surface area contributed by atoms with E-state index in [4.69, 9.17) is 5.73 Å². The summed E-state index contributed by atoms with van der Waals surface area (Å²) in [5.74, 6) is 0. The van der Waals surface area contributed by atoms with Crippen LogP contribution < -0.4 is 5.73 Å². The van der Waals surface area contributed by atoms with E-state index in [1.54, 1.807) is 11.3 Å². The van der Waals surface area contributed by atoms with Crippen molar-refractivity contribution in [3.63, 3.8) is 0 Å². The van der Waals surface area contributed by atoms with Crippen LogP contribution in [0.25, 0.3) is 11.1 Å². The maximum atomic E-state index is 5.66. The third kappa shape index (κ3) is 1.64. The van der Waals surface area contributed by atoms with Gasteiger partial charge in [-0.25, -0.2) is 0 Å². The van der Waals surface area contributed by atoms with Gasteiger partial charge in [0.05, 0.1) is 0 Å². The van der Waals surface area contributed by atoms with E-state index in [2.05, 4.69) is 29.0 Å². The van der Waals surface area contributed by atoms with Crippen molar-refractivity contribution in [2.24, 2.45) is 5.73 Å². The molecule has 2 rings (SSSR count). The topological polar surface area (TPSA) is 26.0 Å². The van der Waals surface area contributed by atoms with Crippen LogP contribution in [0.1, 0.15) is 5.56 Å². The molecule has 0 saturated carbocycles. The van der Waals surface area contributed by atoms with Crippen LogP contribution in [0, 0.1) is 0 Å². The monoisotopic (exact) mass is 189 g/mol. The third-order valence-corrected chi connectivity index (χ3v) is 2.75. The highest BCUT2D eigenvalue weighted by Crippen LogP contribution is 2.25. The Hall–Kier alpha value is -1.12. The number of benzene rings is 1. The molecule has 1 nitrogen and oxygen atoms in total. The summed E-state index contributed by atoms with van der Waals surface area (Å²) in [6.07, 6.45) is 0. The lowest BCUT2D eigenvalue weighted by Gasteiger charge is -2.04. The molecule has 0 fully saturated rings. The highest BCUT2D eigenvalue weighted by molar-refractivity contribution is 7.08. The molecule has 2 N–H and O–H groups in total. The van der Waals surface area contributed by atoms with Gasteiger partial charge in [-0.2, -0.15) is 11.3 Å². The molecule has 1 aromatic carbocycles. The van der Waals surface area contributed by atoms with Crippen LogP contribution in [-0.4, -0.2) is 0 Å². The summed E-state index contributed by atoms with van der Waals surface area (Å²) in [7, 11) is 0. The number of hydrogen-bond acceptors (Lipinski definition) is 2. The van der Waals surface area contributed by atoms with Crippen molar-refractivity contribution >= 4 is 11.3 Å². The first-order chi connectivity index (χ1) is 6.42. The van der Waals surface area contributed by atoms with Crippen molar-refractivity contribution in [1.82, 2.24) is 0 Å². The lowest BCUT2D eigenvalue weighted by molar-refractivity contribution is 1.07. The minimum atomic E-state index is 0.603.